The lowest BCUT2D eigenvalue weighted by atomic mass is 9.95. The molecule has 0 radical (unpaired) electrons. The number of nitrogens with one attached hydrogen (secondary N) is 1. The molecule has 7 heteroatoms. The fourth-order valence-electron chi connectivity index (χ4n) is 4.96. The standard InChI is InChI=1S/C28H32N4O3/c1-29-12-13-31(2)21-9-7-19(8-10-21)15-20-16-24-27(23-6-4-3-5-22(20)23)30-18-32(28(24)34)25-11-14-35-17-26(25)33/h3-10,16,18,25-26,29,33H,11-15,17H2,1-2H3/t25-,26-/m0/s1. The van der Waals surface area contributed by atoms with Gasteiger partial charge in [0.15, 0.2) is 0 Å². The van der Waals surface area contributed by atoms with Gasteiger partial charge in [-0.2, -0.15) is 0 Å². The number of fused-ring (bicyclic) bond motifs is 3. The largest absolute Gasteiger partial charge is 0.389 e. The highest BCUT2D eigenvalue weighted by Crippen LogP contribution is 2.29. The highest BCUT2D eigenvalue weighted by molar-refractivity contribution is 6.06. The third-order valence-electron chi connectivity index (χ3n) is 6.99. The molecular formula is C28H32N4O3. The molecule has 182 valence electrons. The summed E-state index contributed by atoms with van der Waals surface area (Å²) >= 11 is 0. The van der Waals surface area contributed by atoms with Gasteiger partial charge >= 0.3 is 0 Å². The van der Waals surface area contributed by atoms with Crippen LogP contribution in [0.2, 0.25) is 0 Å². The molecule has 0 aliphatic carbocycles. The van der Waals surface area contributed by atoms with Gasteiger partial charge in [0.05, 0.1) is 36.0 Å². The van der Waals surface area contributed by atoms with Crippen molar-refractivity contribution in [3.8, 4) is 0 Å². The topological polar surface area (TPSA) is 79.6 Å². The van der Waals surface area contributed by atoms with Crippen molar-refractivity contribution in [2.45, 2.75) is 25.0 Å². The normalized spacial score (nSPS) is 18.3. The van der Waals surface area contributed by atoms with Crippen LogP contribution >= 0.6 is 0 Å². The first-order chi connectivity index (χ1) is 17.1. The highest BCUT2D eigenvalue weighted by atomic mass is 16.5. The van der Waals surface area contributed by atoms with E-state index in [9.17, 15) is 9.90 Å². The van der Waals surface area contributed by atoms with E-state index in [4.69, 9.17) is 4.74 Å². The van der Waals surface area contributed by atoms with Crippen molar-refractivity contribution >= 4 is 27.4 Å². The Kier molecular flexibility index (Phi) is 6.81. The molecule has 0 bridgehead atoms. The monoisotopic (exact) mass is 472 g/mol. The maximum atomic E-state index is 13.6. The molecule has 2 atom stereocenters. The van der Waals surface area contributed by atoms with Crippen molar-refractivity contribution in [2.75, 3.05) is 45.3 Å². The maximum absolute atomic E-state index is 13.6. The molecule has 3 aromatic carbocycles. The van der Waals surface area contributed by atoms with Gasteiger partial charge in [-0.3, -0.25) is 9.36 Å². The second-order valence-corrected chi connectivity index (χ2v) is 9.30. The van der Waals surface area contributed by atoms with Crippen molar-refractivity contribution in [2.24, 2.45) is 0 Å². The summed E-state index contributed by atoms with van der Waals surface area (Å²) < 4.78 is 6.94. The predicted molar refractivity (Wildman–Crippen MR) is 140 cm³/mol. The second-order valence-electron chi connectivity index (χ2n) is 9.30. The Morgan fingerprint density at radius 3 is 2.66 bits per heavy atom. The zero-order valence-electron chi connectivity index (χ0n) is 20.3. The van der Waals surface area contributed by atoms with Gasteiger partial charge < -0.3 is 20.1 Å². The molecule has 1 saturated heterocycles. The minimum atomic E-state index is -0.717. The highest BCUT2D eigenvalue weighted by Gasteiger charge is 2.27. The van der Waals surface area contributed by atoms with Gasteiger partial charge in [0.25, 0.3) is 5.56 Å². The first-order valence-corrected chi connectivity index (χ1v) is 12.2. The van der Waals surface area contributed by atoms with Crippen molar-refractivity contribution in [1.82, 2.24) is 14.9 Å². The number of likely N-dealkylation sites (N-methyl/N-ethyl adjacent to an activating group) is 2. The van der Waals surface area contributed by atoms with Crippen LogP contribution in [-0.4, -0.2) is 61.2 Å². The van der Waals surface area contributed by atoms with Crippen LogP contribution in [-0.2, 0) is 11.2 Å². The molecule has 0 unspecified atom stereocenters. The number of hydrogen-bond acceptors (Lipinski definition) is 6. The van der Waals surface area contributed by atoms with Gasteiger partial charge in [0.2, 0.25) is 0 Å². The number of hydrogen-bond donors (Lipinski definition) is 2. The Labute approximate surface area is 205 Å². The number of benzene rings is 3. The third-order valence-corrected chi connectivity index (χ3v) is 6.99. The predicted octanol–water partition coefficient (Wildman–Crippen LogP) is 3.12. The minimum absolute atomic E-state index is 0.116. The van der Waals surface area contributed by atoms with Crippen molar-refractivity contribution < 1.29 is 9.84 Å². The molecule has 0 spiro atoms. The van der Waals surface area contributed by atoms with Crippen LogP contribution in [0.25, 0.3) is 21.7 Å². The Morgan fingerprint density at radius 1 is 1.14 bits per heavy atom. The fourth-order valence-corrected chi connectivity index (χ4v) is 4.96. The molecule has 1 aromatic heterocycles. The van der Waals surface area contributed by atoms with Crippen molar-refractivity contribution in [1.29, 1.82) is 0 Å². The Morgan fingerprint density at radius 2 is 1.91 bits per heavy atom. The molecular weight excluding hydrogens is 440 g/mol. The Bertz CT molecular complexity index is 1380. The molecule has 4 aromatic rings. The van der Waals surface area contributed by atoms with Crippen molar-refractivity contribution in [3.05, 3.63) is 82.4 Å². The van der Waals surface area contributed by atoms with Crippen LogP contribution in [0, 0.1) is 0 Å². The second kappa shape index (κ2) is 10.2. The van der Waals surface area contributed by atoms with E-state index in [0.29, 0.717) is 30.4 Å². The first-order valence-electron chi connectivity index (χ1n) is 12.2. The lowest BCUT2D eigenvalue weighted by Gasteiger charge is -2.29. The molecule has 2 N–H and O–H groups in total. The number of aromatic nitrogens is 2. The lowest BCUT2D eigenvalue weighted by molar-refractivity contribution is -0.0395. The van der Waals surface area contributed by atoms with E-state index in [1.807, 2.05) is 31.3 Å². The van der Waals surface area contributed by atoms with E-state index in [2.05, 4.69) is 52.6 Å². The SMILES string of the molecule is CNCCN(C)c1ccc(Cc2cc3c(=O)n([C@H]4CCOC[C@@H]4O)cnc3c3ccccc23)cc1. The van der Waals surface area contributed by atoms with E-state index in [0.717, 1.165) is 29.4 Å². The van der Waals surface area contributed by atoms with Crippen LogP contribution in [0.1, 0.15) is 23.6 Å². The van der Waals surface area contributed by atoms with Crippen LogP contribution in [0.4, 0.5) is 5.69 Å². The van der Waals surface area contributed by atoms with Crippen LogP contribution in [0.5, 0.6) is 0 Å². The van der Waals surface area contributed by atoms with Gasteiger partial charge in [-0.05, 0) is 54.6 Å². The van der Waals surface area contributed by atoms with Gasteiger partial charge in [-0.15, -0.1) is 0 Å². The van der Waals surface area contributed by atoms with Crippen LogP contribution in [0.3, 0.4) is 0 Å². The van der Waals surface area contributed by atoms with E-state index in [1.165, 1.54) is 11.3 Å². The summed E-state index contributed by atoms with van der Waals surface area (Å²) in [5.41, 5.74) is 4.04. The number of anilines is 1. The smallest absolute Gasteiger partial charge is 0.261 e. The number of aliphatic hydroxyl groups is 1. The molecule has 5 rings (SSSR count). The van der Waals surface area contributed by atoms with E-state index < -0.39 is 6.10 Å². The van der Waals surface area contributed by atoms with Gasteiger partial charge in [-0.25, -0.2) is 4.98 Å². The molecule has 1 aliphatic rings. The number of nitrogens with zero attached hydrogens (tertiary/aromatic N) is 3. The molecule has 7 nitrogen and oxygen atoms in total. The van der Waals surface area contributed by atoms with Gasteiger partial charge in [0.1, 0.15) is 0 Å². The van der Waals surface area contributed by atoms with Crippen LogP contribution in [0.15, 0.2) is 65.7 Å². The number of aliphatic hydroxyl groups excluding tert-OH is 1. The van der Waals surface area contributed by atoms with Gasteiger partial charge in [0, 0.05) is 37.8 Å². The number of rotatable bonds is 7. The van der Waals surface area contributed by atoms with E-state index in [-0.39, 0.29) is 18.2 Å². The molecule has 35 heavy (non-hydrogen) atoms. The Balaban J connectivity index is 1.54. The molecule has 1 fully saturated rings. The van der Waals surface area contributed by atoms with Crippen LogP contribution < -0.4 is 15.8 Å². The summed E-state index contributed by atoms with van der Waals surface area (Å²) in [6.07, 6.45) is 2.17. The zero-order chi connectivity index (χ0) is 24.4. The van der Waals surface area contributed by atoms with E-state index >= 15 is 0 Å². The molecule has 0 saturated carbocycles. The quantitative estimate of drug-likeness (QED) is 0.403. The third kappa shape index (κ3) is 4.67. The summed E-state index contributed by atoms with van der Waals surface area (Å²) in [6.45, 7) is 2.62. The summed E-state index contributed by atoms with van der Waals surface area (Å²) in [6, 6.07) is 18.4. The zero-order valence-corrected chi connectivity index (χ0v) is 20.3. The average Bonchev–Trinajstić information content (AvgIpc) is 2.89. The first kappa shape index (κ1) is 23.5. The maximum Gasteiger partial charge on any atom is 0.261 e. The number of ether oxygens (including phenoxy) is 1. The lowest BCUT2D eigenvalue weighted by Crippen LogP contribution is -2.39. The minimum Gasteiger partial charge on any atom is -0.389 e. The van der Waals surface area contributed by atoms with Crippen molar-refractivity contribution in [3.63, 3.8) is 0 Å². The molecule has 0 amide bonds. The molecule has 2 heterocycles. The Hall–Kier alpha value is -3.26. The van der Waals surface area contributed by atoms with Gasteiger partial charge in [-0.1, -0.05) is 36.4 Å². The molecule has 1 aliphatic heterocycles. The summed E-state index contributed by atoms with van der Waals surface area (Å²) in [7, 11) is 4.05. The fraction of sp³-hybridized carbons (Fsp3) is 0.357. The van der Waals surface area contributed by atoms with E-state index in [1.54, 1.807) is 10.9 Å². The summed E-state index contributed by atoms with van der Waals surface area (Å²) in [5.74, 6) is 0. The average molecular weight is 473 g/mol. The summed E-state index contributed by atoms with van der Waals surface area (Å²) in [5, 5.41) is 16.3. The summed E-state index contributed by atoms with van der Waals surface area (Å²) in [4.78, 5) is 20.5.